The van der Waals surface area contributed by atoms with Crippen molar-refractivity contribution in [2.45, 2.75) is 6.42 Å². The van der Waals surface area contributed by atoms with E-state index >= 15 is 0 Å². The van der Waals surface area contributed by atoms with Gasteiger partial charge in [0.1, 0.15) is 0 Å². The van der Waals surface area contributed by atoms with E-state index in [0.717, 1.165) is 0 Å². The van der Waals surface area contributed by atoms with E-state index in [2.05, 4.69) is 18.5 Å². The molecule has 0 aromatic carbocycles. The molecule has 1 rings (SSSR count). The molecule has 0 radical (unpaired) electrons. The highest BCUT2D eigenvalue weighted by Gasteiger charge is 2.16. The Morgan fingerprint density at radius 2 is 2.43 bits per heavy atom. The average molecular weight is 210 g/mol. The number of carbonyl (C=O) groups excluding carboxylic acids is 1. The largest absolute Gasteiger partial charge is 0.326 e. The summed E-state index contributed by atoms with van der Waals surface area (Å²) in [5, 5.41) is 3.32. The normalized spacial score (nSPS) is 19.8. The number of halogens is 1. The lowest BCUT2D eigenvalue weighted by Crippen LogP contribution is -2.28. The summed E-state index contributed by atoms with van der Waals surface area (Å²) in [7, 11) is 0. The maximum atomic E-state index is 11.5. The SMILES string of the molecule is C=CC(=C)NC(=O)C1C=CC(Cl)=CC1. The molecule has 1 atom stereocenters. The number of amides is 1. The lowest BCUT2D eigenvalue weighted by atomic mass is 10.00. The second-order valence-electron chi connectivity index (χ2n) is 3.01. The van der Waals surface area contributed by atoms with Crippen molar-refractivity contribution in [3.63, 3.8) is 0 Å². The third kappa shape index (κ3) is 2.89. The van der Waals surface area contributed by atoms with Crippen molar-refractivity contribution >= 4 is 17.5 Å². The minimum Gasteiger partial charge on any atom is -0.326 e. The van der Waals surface area contributed by atoms with E-state index in [1.54, 1.807) is 12.2 Å². The van der Waals surface area contributed by atoms with E-state index in [1.807, 2.05) is 6.08 Å². The van der Waals surface area contributed by atoms with Gasteiger partial charge in [0.15, 0.2) is 0 Å². The Labute approximate surface area is 88.6 Å². The summed E-state index contributed by atoms with van der Waals surface area (Å²) in [4.78, 5) is 11.5. The molecule has 1 unspecified atom stereocenters. The van der Waals surface area contributed by atoms with Crippen LogP contribution in [0.1, 0.15) is 6.42 Å². The first-order chi connectivity index (χ1) is 6.63. The van der Waals surface area contributed by atoms with Gasteiger partial charge in [-0.2, -0.15) is 0 Å². The van der Waals surface area contributed by atoms with Crippen LogP contribution in [0.3, 0.4) is 0 Å². The molecule has 1 amide bonds. The first-order valence-electron chi connectivity index (χ1n) is 4.29. The van der Waals surface area contributed by atoms with Crippen molar-refractivity contribution in [3.05, 3.63) is 48.2 Å². The molecule has 2 nitrogen and oxygen atoms in total. The van der Waals surface area contributed by atoms with Gasteiger partial charge in [-0.15, -0.1) is 0 Å². The molecule has 1 aliphatic carbocycles. The molecule has 1 N–H and O–H groups in total. The number of carbonyl (C=O) groups is 1. The molecule has 0 aliphatic heterocycles. The zero-order valence-corrected chi connectivity index (χ0v) is 8.55. The molecule has 1 aliphatic rings. The number of rotatable bonds is 3. The van der Waals surface area contributed by atoms with Crippen molar-refractivity contribution in [1.29, 1.82) is 0 Å². The third-order valence-corrected chi connectivity index (χ3v) is 2.20. The van der Waals surface area contributed by atoms with E-state index in [0.29, 0.717) is 17.2 Å². The van der Waals surface area contributed by atoms with E-state index in [1.165, 1.54) is 6.08 Å². The topological polar surface area (TPSA) is 29.1 Å². The van der Waals surface area contributed by atoms with Gasteiger partial charge in [-0.3, -0.25) is 4.79 Å². The van der Waals surface area contributed by atoms with Crippen molar-refractivity contribution < 1.29 is 4.79 Å². The summed E-state index contributed by atoms with van der Waals surface area (Å²) >= 11 is 5.73. The maximum Gasteiger partial charge on any atom is 0.231 e. The molecular formula is C11H12ClNO. The van der Waals surface area contributed by atoms with Gasteiger partial charge in [0, 0.05) is 10.7 Å². The fourth-order valence-electron chi connectivity index (χ4n) is 1.09. The monoisotopic (exact) mass is 209 g/mol. The fourth-order valence-corrected chi connectivity index (χ4v) is 1.25. The molecule has 0 saturated carbocycles. The second-order valence-corrected chi connectivity index (χ2v) is 3.45. The molecule has 0 heterocycles. The standard InChI is InChI=1S/C11H12ClNO/c1-3-8(2)13-11(14)9-4-6-10(12)7-5-9/h3-4,6-7,9H,1-2,5H2,(H,13,14). The Balaban J connectivity index is 2.52. The van der Waals surface area contributed by atoms with Crippen LogP contribution in [0.5, 0.6) is 0 Å². The number of hydrogen-bond donors (Lipinski definition) is 1. The molecule has 3 heteroatoms. The van der Waals surface area contributed by atoms with E-state index in [9.17, 15) is 4.79 Å². The zero-order chi connectivity index (χ0) is 10.6. The highest BCUT2D eigenvalue weighted by molar-refractivity contribution is 6.31. The van der Waals surface area contributed by atoms with Gasteiger partial charge in [0.25, 0.3) is 0 Å². The van der Waals surface area contributed by atoms with Crippen LogP contribution in [-0.2, 0) is 4.79 Å². The van der Waals surface area contributed by atoms with Gasteiger partial charge in [-0.25, -0.2) is 0 Å². The minimum atomic E-state index is -0.158. The van der Waals surface area contributed by atoms with Crippen LogP contribution in [0.2, 0.25) is 0 Å². The minimum absolute atomic E-state index is 0.0773. The van der Waals surface area contributed by atoms with Crippen LogP contribution in [0.25, 0.3) is 0 Å². The van der Waals surface area contributed by atoms with Crippen molar-refractivity contribution in [2.24, 2.45) is 5.92 Å². The van der Waals surface area contributed by atoms with E-state index in [-0.39, 0.29) is 11.8 Å². The Hall–Kier alpha value is -1.28. The quantitative estimate of drug-likeness (QED) is 0.711. The second kappa shape index (κ2) is 4.82. The Morgan fingerprint density at radius 3 is 2.93 bits per heavy atom. The summed E-state index contributed by atoms with van der Waals surface area (Å²) in [5.74, 6) is -0.235. The summed E-state index contributed by atoms with van der Waals surface area (Å²) < 4.78 is 0. The predicted octanol–water partition coefficient (Wildman–Crippen LogP) is 2.50. The molecule has 0 spiro atoms. The molecule has 0 bridgehead atoms. The summed E-state index contributed by atoms with van der Waals surface area (Å²) in [5.41, 5.74) is 0.518. The molecule has 0 saturated heterocycles. The van der Waals surface area contributed by atoms with Gasteiger partial charge in [-0.1, -0.05) is 36.9 Å². The van der Waals surface area contributed by atoms with E-state index in [4.69, 9.17) is 11.6 Å². The summed E-state index contributed by atoms with van der Waals surface area (Å²) in [6, 6.07) is 0. The molecular weight excluding hydrogens is 198 g/mol. The lowest BCUT2D eigenvalue weighted by molar-refractivity contribution is -0.122. The molecule has 14 heavy (non-hydrogen) atoms. The highest BCUT2D eigenvalue weighted by Crippen LogP contribution is 2.18. The van der Waals surface area contributed by atoms with Gasteiger partial charge in [0.05, 0.1) is 5.92 Å². The van der Waals surface area contributed by atoms with Gasteiger partial charge in [0.2, 0.25) is 5.91 Å². The third-order valence-electron chi connectivity index (χ3n) is 1.92. The Morgan fingerprint density at radius 1 is 1.71 bits per heavy atom. The van der Waals surface area contributed by atoms with Gasteiger partial charge >= 0.3 is 0 Å². The predicted molar refractivity (Wildman–Crippen MR) is 58.7 cm³/mol. The number of allylic oxidation sites excluding steroid dienone is 4. The number of hydrogen-bond acceptors (Lipinski definition) is 1. The smallest absolute Gasteiger partial charge is 0.231 e. The van der Waals surface area contributed by atoms with Crippen LogP contribution >= 0.6 is 11.6 Å². The molecule has 74 valence electrons. The fraction of sp³-hybridized carbons (Fsp3) is 0.182. The Kier molecular flexibility index (Phi) is 3.72. The summed E-state index contributed by atoms with van der Waals surface area (Å²) in [6.45, 7) is 7.11. The van der Waals surface area contributed by atoms with Crippen LogP contribution < -0.4 is 5.32 Å². The highest BCUT2D eigenvalue weighted by atomic mass is 35.5. The average Bonchev–Trinajstić information content (AvgIpc) is 2.18. The molecule has 0 fully saturated rings. The van der Waals surface area contributed by atoms with Crippen molar-refractivity contribution in [3.8, 4) is 0 Å². The van der Waals surface area contributed by atoms with Crippen LogP contribution in [0.15, 0.2) is 48.2 Å². The van der Waals surface area contributed by atoms with Gasteiger partial charge in [-0.05, 0) is 18.6 Å². The zero-order valence-electron chi connectivity index (χ0n) is 7.79. The van der Waals surface area contributed by atoms with Crippen LogP contribution in [0, 0.1) is 5.92 Å². The number of nitrogens with one attached hydrogen (secondary N) is 1. The van der Waals surface area contributed by atoms with Crippen LogP contribution in [-0.4, -0.2) is 5.91 Å². The van der Waals surface area contributed by atoms with Crippen molar-refractivity contribution in [1.82, 2.24) is 5.32 Å². The maximum absolute atomic E-state index is 11.5. The first kappa shape index (κ1) is 10.8. The first-order valence-corrected chi connectivity index (χ1v) is 4.67. The van der Waals surface area contributed by atoms with Crippen molar-refractivity contribution in [2.75, 3.05) is 0 Å². The van der Waals surface area contributed by atoms with Crippen LogP contribution in [0.4, 0.5) is 0 Å². The lowest BCUT2D eigenvalue weighted by Gasteiger charge is -2.13. The molecule has 0 aromatic rings. The Bertz CT molecular complexity index is 328. The summed E-state index contributed by atoms with van der Waals surface area (Å²) in [6.07, 6.45) is 7.47. The van der Waals surface area contributed by atoms with Gasteiger partial charge < -0.3 is 5.32 Å². The molecule has 0 aromatic heterocycles. The van der Waals surface area contributed by atoms with E-state index < -0.39 is 0 Å².